The molecule has 1 aliphatic rings. The highest BCUT2D eigenvalue weighted by Gasteiger charge is 2.24. The number of benzene rings is 1. The van der Waals surface area contributed by atoms with Gasteiger partial charge in [-0.05, 0) is 17.7 Å². The zero-order valence-electron chi connectivity index (χ0n) is 10.9. The third-order valence-corrected chi connectivity index (χ3v) is 5.44. The monoisotopic (exact) mass is 319 g/mol. The maximum atomic E-state index is 11.3. The van der Waals surface area contributed by atoms with Gasteiger partial charge in [0.25, 0.3) is 0 Å². The SMILES string of the molecule is CS(=O)(=O)CCN1CCSC[C@@H]1c1ccc(Cl)cc1. The van der Waals surface area contributed by atoms with Crippen LogP contribution in [0.25, 0.3) is 0 Å². The number of sulfone groups is 1. The van der Waals surface area contributed by atoms with Crippen LogP contribution in [0.2, 0.25) is 5.02 Å². The van der Waals surface area contributed by atoms with Crippen molar-refractivity contribution in [3.05, 3.63) is 34.9 Å². The van der Waals surface area contributed by atoms with Crippen LogP contribution < -0.4 is 0 Å². The number of nitrogens with zero attached hydrogens (tertiary/aromatic N) is 1. The first kappa shape index (κ1) is 15.2. The van der Waals surface area contributed by atoms with E-state index in [0.717, 1.165) is 23.1 Å². The summed E-state index contributed by atoms with van der Waals surface area (Å²) in [4.78, 5) is 2.26. The Morgan fingerprint density at radius 3 is 2.68 bits per heavy atom. The normalized spacial score (nSPS) is 21.5. The van der Waals surface area contributed by atoms with Crippen LogP contribution in [-0.2, 0) is 9.84 Å². The second kappa shape index (κ2) is 6.48. The van der Waals surface area contributed by atoms with Crippen molar-refractivity contribution in [1.29, 1.82) is 0 Å². The van der Waals surface area contributed by atoms with Gasteiger partial charge in [-0.3, -0.25) is 4.90 Å². The molecule has 0 spiro atoms. The Morgan fingerprint density at radius 2 is 2.05 bits per heavy atom. The molecule has 1 saturated heterocycles. The summed E-state index contributed by atoms with van der Waals surface area (Å²) in [6, 6.07) is 8.15. The minimum absolute atomic E-state index is 0.224. The van der Waals surface area contributed by atoms with Gasteiger partial charge in [0.1, 0.15) is 9.84 Å². The summed E-state index contributed by atoms with van der Waals surface area (Å²) in [5.74, 6) is 2.29. The van der Waals surface area contributed by atoms with Gasteiger partial charge in [-0.25, -0.2) is 8.42 Å². The van der Waals surface area contributed by atoms with Gasteiger partial charge >= 0.3 is 0 Å². The summed E-state index contributed by atoms with van der Waals surface area (Å²) in [7, 11) is -2.91. The molecule has 1 heterocycles. The third kappa shape index (κ3) is 4.67. The van der Waals surface area contributed by atoms with E-state index in [1.807, 2.05) is 36.0 Å². The lowest BCUT2D eigenvalue weighted by Gasteiger charge is -2.35. The number of hydrogen-bond acceptors (Lipinski definition) is 4. The fourth-order valence-electron chi connectivity index (χ4n) is 2.18. The van der Waals surface area contributed by atoms with Crippen LogP contribution in [0.1, 0.15) is 11.6 Å². The van der Waals surface area contributed by atoms with Gasteiger partial charge in [0.05, 0.1) is 5.75 Å². The molecule has 0 saturated carbocycles. The Hall–Kier alpha value is -0.230. The van der Waals surface area contributed by atoms with E-state index in [2.05, 4.69) is 4.90 Å². The molecule has 0 bridgehead atoms. The first-order valence-electron chi connectivity index (χ1n) is 6.21. The lowest BCUT2D eigenvalue weighted by molar-refractivity contribution is 0.234. The minimum atomic E-state index is -2.91. The highest BCUT2D eigenvalue weighted by molar-refractivity contribution is 7.99. The van der Waals surface area contributed by atoms with E-state index in [-0.39, 0.29) is 11.8 Å². The van der Waals surface area contributed by atoms with Crippen molar-refractivity contribution in [2.75, 3.05) is 36.6 Å². The lowest BCUT2D eigenvalue weighted by Crippen LogP contribution is -2.39. The molecule has 2 rings (SSSR count). The first-order chi connectivity index (χ1) is 8.96. The predicted molar refractivity (Wildman–Crippen MR) is 82.8 cm³/mol. The standard InChI is InChI=1S/C13H18ClNO2S2/c1-19(16,17)9-7-15-6-8-18-10-13(15)11-2-4-12(14)5-3-11/h2-5,13H,6-10H2,1H3/t13-/m1/s1. The number of rotatable bonds is 4. The summed E-state index contributed by atoms with van der Waals surface area (Å²) >= 11 is 7.82. The Labute approximate surface area is 124 Å². The summed E-state index contributed by atoms with van der Waals surface area (Å²) < 4.78 is 22.6. The van der Waals surface area contributed by atoms with Gasteiger partial charge < -0.3 is 0 Å². The minimum Gasteiger partial charge on any atom is -0.294 e. The topological polar surface area (TPSA) is 37.4 Å². The van der Waals surface area contributed by atoms with Crippen molar-refractivity contribution >= 4 is 33.2 Å². The molecular formula is C13H18ClNO2S2. The molecule has 0 aliphatic carbocycles. The largest absolute Gasteiger partial charge is 0.294 e. The first-order valence-corrected chi connectivity index (χ1v) is 9.80. The molecular weight excluding hydrogens is 302 g/mol. The van der Waals surface area contributed by atoms with E-state index >= 15 is 0 Å². The zero-order chi connectivity index (χ0) is 13.9. The van der Waals surface area contributed by atoms with Gasteiger partial charge in [-0.2, -0.15) is 11.8 Å². The Balaban J connectivity index is 2.09. The highest BCUT2D eigenvalue weighted by atomic mass is 35.5. The van der Waals surface area contributed by atoms with E-state index in [1.54, 1.807) is 0 Å². The van der Waals surface area contributed by atoms with E-state index < -0.39 is 9.84 Å². The average Bonchev–Trinajstić information content (AvgIpc) is 2.37. The van der Waals surface area contributed by atoms with Gasteiger partial charge in [-0.15, -0.1) is 0 Å². The van der Waals surface area contributed by atoms with Gasteiger partial charge in [-0.1, -0.05) is 23.7 Å². The van der Waals surface area contributed by atoms with Crippen LogP contribution in [0.4, 0.5) is 0 Å². The molecule has 3 nitrogen and oxygen atoms in total. The molecule has 1 fully saturated rings. The molecule has 106 valence electrons. The Kier molecular flexibility index (Phi) is 5.17. The fraction of sp³-hybridized carbons (Fsp3) is 0.538. The van der Waals surface area contributed by atoms with Crippen LogP contribution in [0.5, 0.6) is 0 Å². The molecule has 0 radical (unpaired) electrons. The van der Waals surface area contributed by atoms with E-state index in [0.29, 0.717) is 6.54 Å². The molecule has 1 aromatic carbocycles. The molecule has 19 heavy (non-hydrogen) atoms. The van der Waals surface area contributed by atoms with E-state index in [1.165, 1.54) is 11.8 Å². The molecule has 6 heteroatoms. The van der Waals surface area contributed by atoms with Crippen LogP contribution in [0.3, 0.4) is 0 Å². The summed E-state index contributed by atoms with van der Waals surface area (Å²) in [6.45, 7) is 1.54. The van der Waals surface area contributed by atoms with Crippen LogP contribution in [0.15, 0.2) is 24.3 Å². The van der Waals surface area contributed by atoms with Gasteiger partial charge in [0.2, 0.25) is 0 Å². The maximum absolute atomic E-state index is 11.3. The molecule has 1 atom stereocenters. The summed E-state index contributed by atoms with van der Waals surface area (Å²) in [5, 5.41) is 0.731. The molecule has 1 aliphatic heterocycles. The quantitative estimate of drug-likeness (QED) is 0.854. The smallest absolute Gasteiger partial charge is 0.148 e. The van der Waals surface area contributed by atoms with Crippen molar-refractivity contribution in [1.82, 2.24) is 4.90 Å². The van der Waals surface area contributed by atoms with E-state index in [4.69, 9.17) is 11.6 Å². The fourth-order valence-corrected chi connectivity index (χ4v) is 4.03. The molecule has 0 N–H and O–H groups in total. The molecule has 0 amide bonds. The summed E-state index contributed by atoms with van der Waals surface area (Å²) in [6.07, 6.45) is 1.29. The highest BCUT2D eigenvalue weighted by Crippen LogP contribution is 2.29. The number of thioether (sulfide) groups is 1. The average molecular weight is 320 g/mol. The van der Waals surface area contributed by atoms with Crippen molar-refractivity contribution in [2.45, 2.75) is 6.04 Å². The number of halogens is 1. The van der Waals surface area contributed by atoms with Gasteiger partial charge in [0, 0.05) is 41.9 Å². The predicted octanol–water partition coefficient (Wildman–Crippen LogP) is 2.47. The number of hydrogen-bond donors (Lipinski definition) is 0. The van der Waals surface area contributed by atoms with Crippen LogP contribution in [0, 0.1) is 0 Å². The van der Waals surface area contributed by atoms with Crippen LogP contribution >= 0.6 is 23.4 Å². The Bertz CT molecular complexity index is 516. The second-order valence-electron chi connectivity index (χ2n) is 4.81. The van der Waals surface area contributed by atoms with Crippen molar-refractivity contribution in [2.24, 2.45) is 0 Å². The maximum Gasteiger partial charge on any atom is 0.148 e. The summed E-state index contributed by atoms with van der Waals surface area (Å²) in [5.41, 5.74) is 1.21. The molecule has 0 unspecified atom stereocenters. The second-order valence-corrected chi connectivity index (χ2v) is 8.65. The van der Waals surface area contributed by atoms with Gasteiger partial charge in [0.15, 0.2) is 0 Å². The van der Waals surface area contributed by atoms with Crippen molar-refractivity contribution in [3.63, 3.8) is 0 Å². The molecule has 0 aromatic heterocycles. The van der Waals surface area contributed by atoms with Crippen molar-refractivity contribution in [3.8, 4) is 0 Å². The zero-order valence-corrected chi connectivity index (χ0v) is 13.3. The Morgan fingerprint density at radius 1 is 1.37 bits per heavy atom. The van der Waals surface area contributed by atoms with Crippen molar-refractivity contribution < 1.29 is 8.42 Å². The molecule has 1 aromatic rings. The van der Waals surface area contributed by atoms with E-state index in [9.17, 15) is 8.42 Å². The lowest BCUT2D eigenvalue weighted by atomic mass is 10.1. The van der Waals surface area contributed by atoms with Crippen LogP contribution in [-0.4, -0.2) is 49.9 Å². The third-order valence-electron chi connectivity index (χ3n) is 3.24.